The first-order valence-electron chi connectivity index (χ1n) is 10.3. The molecule has 0 fully saturated rings. The van der Waals surface area contributed by atoms with E-state index in [2.05, 4.69) is 24.0 Å². The third-order valence-corrected chi connectivity index (χ3v) is 6.09. The Bertz CT molecular complexity index is 1220. The number of allylic oxidation sites excluding steroid dienone is 2. The number of rotatable bonds is 3. The van der Waals surface area contributed by atoms with Crippen LogP contribution in [0.4, 0.5) is 0 Å². The second-order valence-corrected chi connectivity index (χ2v) is 8.95. The summed E-state index contributed by atoms with van der Waals surface area (Å²) in [5.41, 5.74) is 4.36. The fourth-order valence-electron chi connectivity index (χ4n) is 4.47. The van der Waals surface area contributed by atoms with Gasteiger partial charge in [-0.1, -0.05) is 26.0 Å². The molecule has 6 heteroatoms. The van der Waals surface area contributed by atoms with Crippen molar-refractivity contribution in [3.05, 3.63) is 59.5 Å². The molecule has 1 aliphatic heterocycles. The molecular formula is C25H24N2O4. The van der Waals surface area contributed by atoms with Gasteiger partial charge in [-0.05, 0) is 35.2 Å². The van der Waals surface area contributed by atoms with Gasteiger partial charge in [0.2, 0.25) is 0 Å². The van der Waals surface area contributed by atoms with Crippen molar-refractivity contribution in [1.82, 2.24) is 10.2 Å². The van der Waals surface area contributed by atoms with Crippen molar-refractivity contribution >= 4 is 5.78 Å². The molecule has 2 heterocycles. The number of hydrogen-bond donors (Lipinski definition) is 2. The molecule has 2 aliphatic rings. The lowest BCUT2D eigenvalue weighted by Crippen LogP contribution is -2.30. The quantitative estimate of drug-likeness (QED) is 0.625. The zero-order valence-electron chi connectivity index (χ0n) is 17.8. The lowest BCUT2D eigenvalue weighted by atomic mass is 9.74. The van der Waals surface area contributed by atoms with E-state index in [4.69, 9.17) is 9.47 Å². The molecule has 3 aromatic rings. The van der Waals surface area contributed by atoms with Crippen LogP contribution in [0.2, 0.25) is 0 Å². The number of carbonyl (C=O) groups excluding carboxylic acids is 1. The highest BCUT2D eigenvalue weighted by Crippen LogP contribution is 2.47. The molecule has 1 aromatic heterocycles. The van der Waals surface area contributed by atoms with Crippen LogP contribution in [0.1, 0.15) is 32.3 Å². The minimum Gasteiger partial charge on any atom is -0.507 e. The molecule has 0 saturated heterocycles. The second kappa shape index (κ2) is 7.01. The number of aromatic amines is 1. The van der Waals surface area contributed by atoms with Crippen LogP contribution in [-0.2, 0) is 11.2 Å². The summed E-state index contributed by atoms with van der Waals surface area (Å²) in [6.07, 6.45) is 3.33. The van der Waals surface area contributed by atoms with Gasteiger partial charge in [0.1, 0.15) is 23.0 Å². The number of nitrogens with one attached hydrogen (secondary N) is 1. The van der Waals surface area contributed by atoms with Crippen molar-refractivity contribution in [2.24, 2.45) is 5.41 Å². The zero-order chi connectivity index (χ0) is 21.8. The van der Waals surface area contributed by atoms with E-state index in [1.165, 1.54) is 0 Å². The summed E-state index contributed by atoms with van der Waals surface area (Å²) in [6.45, 7) is 4.15. The average molecular weight is 416 g/mol. The van der Waals surface area contributed by atoms with Gasteiger partial charge in [-0.25, -0.2) is 0 Å². The van der Waals surface area contributed by atoms with Crippen LogP contribution in [0.3, 0.4) is 0 Å². The predicted octanol–water partition coefficient (Wildman–Crippen LogP) is 5.04. The number of Topliss-reactive ketones (excluding diaryl/α,β-unsaturated/α-hetero) is 1. The van der Waals surface area contributed by atoms with Crippen molar-refractivity contribution in [3.63, 3.8) is 0 Å². The molecule has 158 valence electrons. The summed E-state index contributed by atoms with van der Waals surface area (Å²) in [5.74, 6) is 2.33. The molecule has 0 radical (unpaired) electrons. The fourth-order valence-corrected chi connectivity index (χ4v) is 4.47. The molecule has 31 heavy (non-hydrogen) atoms. The molecule has 0 unspecified atom stereocenters. The fraction of sp³-hybridized carbons (Fsp3) is 0.280. The van der Waals surface area contributed by atoms with E-state index < -0.39 is 0 Å². The number of aromatic nitrogens is 2. The highest BCUT2D eigenvalue weighted by atomic mass is 16.5. The smallest absolute Gasteiger partial charge is 0.163 e. The van der Waals surface area contributed by atoms with Crippen molar-refractivity contribution in [3.8, 4) is 39.6 Å². The van der Waals surface area contributed by atoms with Crippen LogP contribution in [-0.4, -0.2) is 28.2 Å². The van der Waals surface area contributed by atoms with Crippen LogP contribution < -0.4 is 9.47 Å². The van der Waals surface area contributed by atoms with Crippen molar-refractivity contribution in [2.75, 3.05) is 7.11 Å². The molecule has 0 amide bonds. The first-order valence-corrected chi connectivity index (χ1v) is 10.3. The van der Waals surface area contributed by atoms with E-state index in [1.807, 2.05) is 36.4 Å². The van der Waals surface area contributed by atoms with E-state index in [-0.39, 0.29) is 16.9 Å². The number of phenolic OH excluding ortho intramolecular Hbond substituents is 1. The van der Waals surface area contributed by atoms with Gasteiger partial charge in [0.15, 0.2) is 5.78 Å². The van der Waals surface area contributed by atoms with Crippen molar-refractivity contribution in [1.29, 1.82) is 0 Å². The van der Waals surface area contributed by atoms with Gasteiger partial charge in [0.25, 0.3) is 0 Å². The zero-order valence-corrected chi connectivity index (χ0v) is 17.8. The Hall–Kier alpha value is -3.54. The Morgan fingerprint density at radius 1 is 1.10 bits per heavy atom. The SMILES string of the molecule is COc1ccc(-c2cn[nH]c2-c2ccc3c(c2O)CC2=C(CC(C)(C)CC2=O)O3)cc1. The van der Waals surface area contributed by atoms with Gasteiger partial charge < -0.3 is 14.6 Å². The number of carbonyl (C=O) groups is 1. The number of phenols is 1. The number of hydrogen-bond acceptors (Lipinski definition) is 5. The molecule has 6 nitrogen and oxygen atoms in total. The Balaban J connectivity index is 1.54. The monoisotopic (exact) mass is 416 g/mol. The molecule has 5 rings (SSSR count). The molecule has 0 spiro atoms. The Labute approximate surface area is 180 Å². The Morgan fingerprint density at radius 2 is 1.87 bits per heavy atom. The van der Waals surface area contributed by atoms with Gasteiger partial charge in [0.05, 0.1) is 19.0 Å². The lowest BCUT2D eigenvalue weighted by Gasteiger charge is -2.34. The van der Waals surface area contributed by atoms with Gasteiger partial charge >= 0.3 is 0 Å². The van der Waals surface area contributed by atoms with Crippen molar-refractivity contribution < 1.29 is 19.4 Å². The van der Waals surface area contributed by atoms with Crippen LogP contribution >= 0.6 is 0 Å². The van der Waals surface area contributed by atoms with Crippen LogP contribution in [0, 0.1) is 5.41 Å². The summed E-state index contributed by atoms with van der Waals surface area (Å²) in [4.78, 5) is 12.7. The topological polar surface area (TPSA) is 84.4 Å². The highest BCUT2D eigenvalue weighted by Gasteiger charge is 2.37. The highest BCUT2D eigenvalue weighted by molar-refractivity contribution is 5.98. The van der Waals surface area contributed by atoms with Gasteiger partial charge in [-0.3, -0.25) is 9.89 Å². The standard InChI is InChI=1S/C25H24N2O4/c1-25(2)11-20(28)17-10-18-21(31-22(17)12-25)9-8-16(24(18)29)23-19(13-26-27-23)14-4-6-15(30-3)7-5-14/h4-9,13,29H,10-12H2,1-3H3,(H,26,27). The summed E-state index contributed by atoms with van der Waals surface area (Å²) in [7, 11) is 1.63. The minimum absolute atomic E-state index is 0.0992. The number of ketones is 1. The van der Waals surface area contributed by atoms with Gasteiger partial charge in [0, 0.05) is 41.5 Å². The van der Waals surface area contributed by atoms with E-state index in [0.717, 1.165) is 29.1 Å². The van der Waals surface area contributed by atoms with Gasteiger partial charge in [-0.2, -0.15) is 5.10 Å². The molecule has 1 aliphatic carbocycles. The summed E-state index contributed by atoms with van der Waals surface area (Å²) in [6, 6.07) is 11.4. The Kier molecular flexibility index (Phi) is 4.39. The summed E-state index contributed by atoms with van der Waals surface area (Å²) in [5, 5.41) is 18.4. The third-order valence-electron chi connectivity index (χ3n) is 6.09. The number of methoxy groups -OCH3 is 1. The molecule has 0 atom stereocenters. The first-order chi connectivity index (χ1) is 14.9. The van der Waals surface area contributed by atoms with E-state index in [0.29, 0.717) is 41.0 Å². The normalized spacial score (nSPS) is 17.1. The number of nitrogens with zero attached hydrogens (tertiary/aromatic N) is 1. The maximum Gasteiger partial charge on any atom is 0.163 e. The number of fused-ring (bicyclic) bond motifs is 1. The number of ether oxygens (including phenoxy) is 2. The average Bonchev–Trinajstić information content (AvgIpc) is 3.22. The first kappa shape index (κ1) is 19.4. The third kappa shape index (κ3) is 3.28. The molecule has 0 bridgehead atoms. The van der Waals surface area contributed by atoms with E-state index in [1.54, 1.807) is 13.3 Å². The van der Waals surface area contributed by atoms with Gasteiger partial charge in [-0.15, -0.1) is 0 Å². The maximum atomic E-state index is 12.7. The number of aromatic hydroxyl groups is 1. The van der Waals surface area contributed by atoms with Crippen LogP contribution in [0.25, 0.3) is 22.4 Å². The largest absolute Gasteiger partial charge is 0.507 e. The molecular weight excluding hydrogens is 392 g/mol. The molecule has 2 aromatic carbocycles. The molecule has 2 N–H and O–H groups in total. The minimum atomic E-state index is -0.113. The van der Waals surface area contributed by atoms with Crippen molar-refractivity contribution in [2.45, 2.75) is 33.1 Å². The predicted molar refractivity (Wildman–Crippen MR) is 117 cm³/mol. The van der Waals surface area contributed by atoms with E-state index >= 15 is 0 Å². The lowest BCUT2D eigenvalue weighted by molar-refractivity contribution is -0.118. The number of H-pyrrole nitrogens is 1. The Morgan fingerprint density at radius 3 is 2.61 bits per heavy atom. The summed E-state index contributed by atoms with van der Waals surface area (Å²) >= 11 is 0. The maximum absolute atomic E-state index is 12.7. The second-order valence-electron chi connectivity index (χ2n) is 8.95. The van der Waals surface area contributed by atoms with Crippen LogP contribution in [0.5, 0.6) is 17.2 Å². The van der Waals surface area contributed by atoms with Crippen LogP contribution in [0.15, 0.2) is 53.9 Å². The summed E-state index contributed by atoms with van der Waals surface area (Å²) < 4.78 is 11.3. The number of benzene rings is 2. The van der Waals surface area contributed by atoms with E-state index in [9.17, 15) is 9.90 Å². The molecule has 0 saturated carbocycles.